The summed E-state index contributed by atoms with van der Waals surface area (Å²) < 4.78 is 0. The van der Waals surface area contributed by atoms with Crippen molar-refractivity contribution in [2.24, 2.45) is 5.92 Å². The highest BCUT2D eigenvalue weighted by atomic mass is 16.3. The normalized spacial score (nSPS) is 17.3. The molecule has 0 aromatic heterocycles. The van der Waals surface area contributed by atoms with Gasteiger partial charge in [0.1, 0.15) is 11.7 Å². The molecule has 0 rings (SSSR count). The standard InChI is InChI=1S/C10H18O2/c1-4-5-6-9(2)10(3,12)7-8-11/h9,11-12H,4-6H2,1-3H3/t9-,10+/m0/s1. The fourth-order valence-electron chi connectivity index (χ4n) is 1.03. The second-order valence-corrected chi connectivity index (χ2v) is 3.43. The van der Waals surface area contributed by atoms with E-state index in [1.807, 2.05) is 6.92 Å². The Morgan fingerprint density at radius 1 is 1.50 bits per heavy atom. The van der Waals surface area contributed by atoms with E-state index in [2.05, 4.69) is 12.8 Å². The summed E-state index contributed by atoms with van der Waals surface area (Å²) in [6, 6.07) is 0. The molecule has 0 radical (unpaired) electrons. The third-order valence-electron chi connectivity index (χ3n) is 2.26. The number of hydrogen-bond acceptors (Lipinski definition) is 2. The Labute approximate surface area is 74.6 Å². The molecule has 0 spiro atoms. The van der Waals surface area contributed by atoms with Crippen molar-refractivity contribution >= 4 is 0 Å². The summed E-state index contributed by atoms with van der Waals surface area (Å²) in [4.78, 5) is 0. The third kappa shape index (κ3) is 3.64. The molecule has 0 aromatic carbocycles. The topological polar surface area (TPSA) is 40.5 Å². The van der Waals surface area contributed by atoms with E-state index >= 15 is 0 Å². The van der Waals surface area contributed by atoms with Crippen LogP contribution in [0.25, 0.3) is 0 Å². The molecule has 0 unspecified atom stereocenters. The van der Waals surface area contributed by atoms with Crippen molar-refractivity contribution in [2.75, 3.05) is 0 Å². The molecule has 0 heterocycles. The molecule has 0 amide bonds. The summed E-state index contributed by atoms with van der Waals surface area (Å²) in [7, 11) is 0. The lowest BCUT2D eigenvalue weighted by Gasteiger charge is -2.24. The molecule has 2 N–H and O–H groups in total. The summed E-state index contributed by atoms with van der Waals surface area (Å²) in [6.07, 6.45) is 4.91. The van der Waals surface area contributed by atoms with Gasteiger partial charge in [0.15, 0.2) is 0 Å². The van der Waals surface area contributed by atoms with Gasteiger partial charge >= 0.3 is 0 Å². The van der Waals surface area contributed by atoms with Crippen LogP contribution in [-0.4, -0.2) is 15.8 Å². The first-order valence-corrected chi connectivity index (χ1v) is 4.43. The zero-order chi connectivity index (χ0) is 9.61. The van der Waals surface area contributed by atoms with Gasteiger partial charge in [-0.25, -0.2) is 0 Å². The van der Waals surface area contributed by atoms with Gasteiger partial charge in [-0.15, -0.1) is 0 Å². The maximum Gasteiger partial charge on any atom is 0.128 e. The Kier molecular flexibility index (Phi) is 4.77. The van der Waals surface area contributed by atoms with Crippen molar-refractivity contribution in [1.82, 2.24) is 0 Å². The monoisotopic (exact) mass is 170 g/mol. The molecule has 2 nitrogen and oxygen atoms in total. The average molecular weight is 170 g/mol. The molecule has 0 aliphatic carbocycles. The maximum atomic E-state index is 9.68. The van der Waals surface area contributed by atoms with E-state index in [0.717, 1.165) is 19.3 Å². The van der Waals surface area contributed by atoms with Crippen LogP contribution in [0.4, 0.5) is 0 Å². The molecule has 0 aromatic rings. The van der Waals surface area contributed by atoms with Crippen LogP contribution in [0.1, 0.15) is 40.0 Å². The van der Waals surface area contributed by atoms with E-state index in [-0.39, 0.29) is 5.92 Å². The molecular weight excluding hydrogens is 152 g/mol. The molecule has 2 atom stereocenters. The molecule has 0 saturated carbocycles. The van der Waals surface area contributed by atoms with Crippen LogP contribution >= 0.6 is 0 Å². The second-order valence-electron chi connectivity index (χ2n) is 3.43. The summed E-state index contributed by atoms with van der Waals surface area (Å²) in [5, 5.41) is 18.0. The van der Waals surface area contributed by atoms with Gasteiger partial charge in [-0.05, 0) is 25.2 Å². The highest BCUT2D eigenvalue weighted by Crippen LogP contribution is 2.21. The van der Waals surface area contributed by atoms with Crippen LogP contribution in [0.15, 0.2) is 0 Å². The highest BCUT2D eigenvalue weighted by Gasteiger charge is 2.25. The van der Waals surface area contributed by atoms with Crippen molar-refractivity contribution in [1.29, 1.82) is 0 Å². The van der Waals surface area contributed by atoms with Crippen molar-refractivity contribution in [2.45, 2.75) is 45.6 Å². The van der Waals surface area contributed by atoms with Crippen LogP contribution in [0, 0.1) is 17.9 Å². The Morgan fingerprint density at radius 2 is 2.08 bits per heavy atom. The summed E-state index contributed by atoms with van der Waals surface area (Å²) >= 11 is 0. The van der Waals surface area contributed by atoms with E-state index in [1.165, 1.54) is 0 Å². The van der Waals surface area contributed by atoms with E-state index in [9.17, 15) is 5.11 Å². The second kappa shape index (κ2) is 5.05. The van der Waals surface area contributed by atoms with Crippen LogP contribution in [-0.2, 0) is 0 Å². The first kappa shape index (κ1) is 11.3. The minimum Gasteiger partial charge on any atom is -0.462 e. The van der Waals surface area contributed by atoms with Crippen LogP contribution in [0.3, 0.4) is 0 Å². The van der Waals surface area contributed by atoms with E-state index in [4.69, 9.17) is 5.11 Å². The van der Waals surface area contributed by atoms with Crippen molar-refractivity contribution in [3.63, 3.8) is 0 Å². The molecule has 0 aliphatic heterocycles. The summed E-state index contributed by atoms with van der Waals surface area (Å²) in [5.74, 6) is 2.50. The molecule has 0 saturated heterocycles. The zero-order valence-electron chi connectivity index (χ0n) is 8.09. The molecule has 70 valence electrons. The number of aliphatic hydroxyl groups excluding tert-OH is 1. The van der Waals surface area contributed by atoms with Crippen molar-refractivity contribution in [3.05, 3.63) is 0 Å². The van der Waals surface area contributed by atoms with Gasteiger partial charge in [0, 0.05) is 0 Å². The number of aliphatic hydroxyl groups is 2. The Hall–Kier alpha value is -0.680. The van der Waals surface area contributed by atoms with Gasteiger partial charge < -0.3 is 10.2 Å². The SMILES string of the molecule is CCCC[C@H](C)[C@](C)(O)C#CO. The van der Waals surface area contributed by atoms with Gasteiger partial charge in [0.25, 0.3) is 0 Å². The highest BCUT2D eigenvalue weighted by molar-refractivity contribution is 5.09. The minimum absolute atomic E-state index is 0.108. The molecule has 2 heteroatoms. The molecule has 0 aliphatic rings. The van der Waals surface area contributed by atoms with Crippen molar-refractivity contribution < 1.29 is 10.2 Å². The number of unbranched alkanes of at least 4 members (excludes halogenated alkanes) is 1. The minimum atomic E-state index is -1.05. The maximum absolute atomic E-state index is 9.68. The first-order valence-electron chi connectivity index (χ1n) is 4.43. The molecule has 0 fully saturated rings. The van der Waals surface area contributed by atoms with E-state index in [0.29, 0.717) is 0 Å². The van der Waals surface area contributed by atoms with E-state index in [1.54, 1.807) is 13.0 Å². The van der Waals surface area contributed by atoms with Crippen molar-refractivity contribution in [3.8, 4) is 12.0 Å². The zero-order valence-corrected chi connectivity index (χ0v) is 8.09. The lowest BCUT2D eigenvalue weighted by molar-refractivity contribution is 0.0584. The molecule has 0 bridgehead atoms. The predicted molar refractivity (Wildman–Crippen MR) is 49.0 cm³/mol. The quantitative estimate of drug-likeness (QED) is 0.633. The van der Waals surface area contributed by atoms with Gasteiger partial charge in [-0.3, -0.25) is 0 Å². The fraction of sp³-hybridized carbons (Fsp3) is 0.800. The number of rotatable bonds is 4. The van der Waals surface area contributed by atoms with Crippen LogP contribution in [0.5, 0.6) is 0 Å². The lowest BCUT2D eigenvalue weighted by Crippen LogP contribution is -2.30. The largest absolute Gasteiger partial charge is 0.462 e. The Bertz CT molecular complexity index is 174. The Balaban J connectivity index is 4.02. The van der Waals surface area contributed by atoms with Gasteiger partial charge in [0.05, 0.1) is 0 Å². The molecular formula is C10H18O2. The van der Waals surface area contributed by atoms with Gasteiger partial charge in [-0.2, -0.15) is 0 Å². The smallest absolute Gasteiger partial charge is 0.128 e. The Morgan fingerprint density at radius 3 is 2.50 bits per heavy atom. The van der Waals surface area contributed by atoms with Gasteiger partial charge in [-0.1, -0.05) is 26.7 Å². The lowest BCUT2D eigenvalue weighted by atomic mass is 9.87. The van der Waals surface area contributed by atoms with Crippen LogP contribution in [0.2, 0.25) is 0 Å². The van der Waals surface area contributed by atoms with E-state index < -0.39 is 5.60 Å². The van der Waals surface area contributed by atoms with Crippen LogP contribution < -0.4 is 0 Å². The predicted octanol–water partition coefficient (Wildman–Crippen LogP) is 1.90. The third-order valence-corrected chi connectivity index (χ3v) is 2.26. The fourth-order valence-corrected chi connectivity index (χ4v) is 1.03. The average Bonchev–Trinajstić information content (AvgIpc) is 2.00. The molecule has 12 heavy (non-hydrogen) atoms. The first-order chi connectivity index (χ1) is 5.54. The van der Waals surface area contributed by atoms with Gasteiger partial charge in [0.2, 0.25) is 0 Å². The number of hydrogen-bond donors (Lipinski definition) is 2. The summed E-state index contributed by atoms with van der Waals surface area (Å²) in [6.45, 7) is 5.69. The summed E-state index contributed by atoms with van der Waals surface area (Å²) in [5.41, 5.74) is -1.05.